The molecular formula is C14H15ClN2O2. The van der Waals surface area contributed by atoms with Crippen LogP contribution < -0.4 is 0 Å². The van der Waals surface area contributed by atoms with Crippen LogP contribution in [0.25, 0.3) is 0 Å². The fraction of sp³-hybridized carbons (Fsp3) is 0.286. The van der Waals surface area contributed by atoms with Crippen molar-refractivity contribution in [3.05, 3.63) is 52.8 Å². The number of ketones is 1. The molecule has 1 heterocycles. The molecule has 0 bridgehead atoms. The maximum Gasteiger partial charge on any atom is 0.211 e. The highest BCUT2D eigenvalue weighted by atomic mass is 35.5. The van der Waals surface area contributed by atoms with E-state index in [1.54, 1.807) is 48.3 Å². The Balaban J connectivity index is 2.15. The molecule has 2 rings (SSSR count). The normalized spacial score (nSPS) is 10.6. The average Bonchev–Trinajstić information content (AvgIpc) is 2.87. The largest absolute Gasteiger partial charge is 0.385 e. The van der Waals surface area contributed by atoms with Crippen LogP contribution >= 0.6 is 11.6 Å². The highest BCUT2D eigenvalue weighted by Crippen LogP contribution is 2.14. The zero-order valence-electron chi connectivity index (χ0n) is 10.7. The van der Waals surface area contributed by atoms with Gasteiger partial charge in [0.05, 0.1) is 0 Å². The minimum atomic E-state index is -0.0495. The third-order valence-electron chi connectivity index (χ3n) is 2.77. The fourth-order valence-corrected chi connectivity index (χ4v) is 1.94. The molecule has 0 aliphatic carbocycles. The molecule has 19 heavy (non-hydrogen) atoms. The summed E-state index contributed by atoms with van der Waals surface area (Å²) >= 11 is 5.81. The Morgan fingerprint density at radius 3 is 2.74 bits per heavy atom. The van der Waals surface area contributed by atoms with Gasteiger partial charge >= 0.3 is 0 Å². The molecule has 0 spiro atoms. The number of halogens is 1. The van der Waals surface area contributed by atoms with Crippen molar-refractivity contribution in [2.75, 3.05) is 13.7 Å². The monoisotopic (exact) mass is 278 g/mol. The van der Waals surface area contributed by atoms with Crippen molar-refractivity contribution in [2.24, 2.45) is 0 Å². The van der Waals surface area contributed by atoms with Crippen molar-refractivity contribution >= 4 is 17.4 Å². The molecule has 2 aromatic rings. The quantitative estimate of drug-likeness (QED) is 0.603. The van der Waals surface area contributed by atoms with Crippen molar-refractivity contribution in [1.29, 1.82) is 0 Å². The van der Waals surface area contributed by atoms with E-state index in [0.717, 1.165) is 6.42 Å². The van der Waals surface area contributed by atoms with Crippen LogP contribution in [0.3, 0.4) is 0 Å². The first-order valence-electron chi connectivity index (χ1n) is 6.03. The van der Waals surface area contributed by atoms with Gasteiger partial charge in [-0.1, -0.05) is 11.6 Å². The molecule has 0 fully saturated rings. The number of benzene rings is 1. The van der Waals surface area contributed by atoms with Gasteiger partial charge in [0.1, 0.15) is 5.69 Å². The average molecular weight is 279 g/mol. The van der Waals surface area contributed by atoms with Crippen molar-refractivity contribution in [3.63, 3.8) is 0 Å². The van der Waals surface area contributed by atoms with Gasteiger partial charge in [0.25, 0.3) is 0 Å². The lowest BCUT2D eigenvalue weighted by molar-refractivity contribution is 0.102. The topological polar surface area (TPSA) is 44.1 Å². The summed E-state index contributed by atoms with van der Waals surface area (Å²) in [4.78, 5) is 12.3. The number of aryl methyl sites for hydroxylation is 1. The summed E-state index contributed by atoms with van der Waals surface area (Å²) in [7, 11) is 1.66. The number of hydrogen-bond donors (Lipinski definition) is 0. The predicted octanol–water partition coefficient (Wildman–Crippen LogP) is 2.80. The zero-order valence-corrected chi connectivity index (χ0v) is 11.4. The second-order valence-electron chi connectivity index (χ2n) is 4.12. The van der Waals surface area contributed by atoms with Gasteiger partial charge in [0.15, 0.2) is 0 Å². The molecule has 1 aromatic heterocycles. The summed E-state index contributed by atoms with van der Waals surface area (Å²) in [6, 6.07) is 8.58. The molecule has 0 radical (unpaired) electrons. The van der Waals surface area contributed by atoms with E-state index >= 15 is 0 Å². The summed E-state index contributed by atoms with van der Waals surface area (Å²) in [6.07, 6.45) is 2.45. The molecule has 0 unspecified atom stereocenters. The summed E-state index contributed by atoms with van der Waals surface area (Å²) in [5, 5.41) is 4.78. The first kappa shape index (κ1) is 13.8. The van der Waals surface area contributed by atoms with Crippen molar-refractivity contribution in [1.82, 2.24) is 9.78 Å². The van der Waals surface area contributed by atoms with E-state index in [0.29, 0.717) is 29.4 Å². The van der Waals surface area contributed by atoms with Crippen LogP contribution in [0.5, 0.6) is 0 Å². The van der Waals surface area contributed by atoms with Gasteiger partial charge in [-0.3, -0.25) is 9.48 Å². The maximum atomic E-state index is 12.3. The SMILES string of the molecule is COCCCn1nccc1C(=O)c1ccc(Cl)cc1. The van der Waals surface area contributed by atoms with Crippen molar-refractivity contribution in [2.45, 2.75) is 13.0 Å². The Hall–Kier alpha value is -1.65. The molecule has 0 saturated carbocycles. The Bertz CT molecular complexity index is 549. The number of nitrogens with zero attached hydrogens (tertiary/aromatic N) is 2. The van der Waals surface area contributed by atoms with Gasteiger partial charge < -0.3 is 4.74 Å². The van der Waals surface area contributed by atoms with Gasteiger partial charge in [-0.15, -0.1) is 0 Å². The molecule has 0 N–H and O–H groups in total. The second-order valence-corrected chi connectivity index (χ2v) is 4.56. The van der Waals surface area contributed by atoms with Crippen LogP contribution in [0.1, 0.15) is 22.5 Å². The molecule has 100 valence electrons. The highest BCUT2D eigenvalue weighted by Gasteiger charge is 2.13. The lowest BCUT2D eigenvalue weighted by Crippen LogP contribution is -2.12. The molecule has 0 atom stereocenters. The third-order valence-corrected chi connectivity index (χ3v) is 3.03. The van der Waals surface area contributed by atoms with Crippen molar-refractivity contribution < 1.29 is 9.53 Å². The Labute approximate surface area is 116 Å². The van der Waals surface area contributed by atoms with Crippen LogP contribution in [-0.4, -0.2) is 29.3 Å². The predicted molar refractivity (Wildman–Crippen MR) is 73.6 cm³/mol. The Kier molecular flexibility index (Phi) is 4.71. The smallest absolute Gasteiger partial charge is 0.211 e. The molecule has 0 saturated heterocycles. The number of ether oxygens (including phenoxy) is 1. The maximum absolute atomic E-state index is 12.3. The summed E-state index contributed by atoms with van der Waals surface area (Å²) in [5.41, 5.74) is 1.19. The van der Waals surface area contributed by atoms with Crippen LogP contribution in [0, 0.1) is 0 Å². The molecule has 0 amide bonds. The number of aromatic nitrogens is 2. The number of rotatable bonds is 6. The third kappa shape index (κ3) is 3.43. The van der Waals surface area contributed by atoms with Crippen LogP contribution in [-0.2, 0) is 11.3 Å². The molecule has 5 heteroatoms. The number of carbonyl (C=O) groups is 1. The van der Waals surface area contributed by atoms with Gasteiger partial charge in [-0.25, -0.2) is 0 Å². The lowest BCUT2D eigenvalue weighted by Gasteiger charge is -2.06. The highest BCUT2D eigenvalue weighted by molar-refractivity contribution is 6.30. The number of hydrogen-bond acceptors (Lipinski definition) is 3. The molecular weight excluding hydrogens is 264 g/mol. The fourth-order valence-electron chi connectivity index (χ4n) is 1.81. The molecule has 0 aliphatic rings. The molecule has 4 nitrogen and oxygen atoms in total. The zero-order chi connectivity index (χ0) is 13.7. The van der Waals surface area contributed by atoms with E-state index < -0.39 is 0 Å². The van der Waals surface area contributed by atoms with Gasteiger partial charge in [0.2, 0.25) is 5.78 Å². The Morgan fingerprint density at radius 1 is 1.32 bits per heavy atom. The van der Waals surface area contributed by atoms with E-state index in [2.05, 4.69) is 5.10 Å². The number of methoxy groups -OCH3 is 1. The number of carbonyl (C=O) groups excluding carboxylic acids is 1. The second kappa shape index (κ2) is 6.50. The standard InChI is InChI=1S/C14H15ClN2O2/c1-19-10-2-9-17-13(7-8-16-17)14(18)11-3-5-12(15)6-4-11/h3-8H,2,9-10H2,1H3. The first-order chi connectivity index (χ1) is 9.22. The Morgan fingerprint density at radius 2 is 2.05 bits per heavy atom. The van der Waals surface area contributed by atoms with Gasteiger partial charge in [-0.05, 0) is 36.8 Å². The molecule has 0 aliphatic heterocycles. The summed E-state index contributed by atoms with van der Waals surface area (Å²) in [5.74, 6) is -0.0495. The molecule has 1 aromatic carbocycles. The first-order valence-corrected chi connectivity index (χ1v) is 6.41. The van der Waals surface area contributed by atoms with Crippen LogP contribution in [0.15, 0.2) is 36.5 Å². The lowest BCUT2D eigenvalue weighted by atomic mass is 10.1. The minimum absolute atomic E-state index is 0.0495. The summed E-state index contributed by atoms with van der Waals surface area (Å²) in [6.45, 7) is 1.31. The van der Waals surface area contributed by atoms with E-state index in [4.69, 9.17) is 16.3 Å². The van der Waals surface area contributed by atoms with E-state index in [1.807, 2.05) is 0 Å². The van der Waals surface area contributed by atoms with Crippen molar-refractivity contribution in [3.8, 4) is 0 Å². The van der Waals surface area contributed by atoms with Gasteiger partial charge in [-0.2, -0.15) is 5.10 Å². The van der Waals surface area contributed by atoms with Crippen LogP contribution in [0.4, 0.5) is 0 Å². The minimum Gasteiger partial charge on any atom is -0.385 e. The summed E-state index contributed by atoms with van der Waals surface area (Å²) < 4.78 is 6.70. The van der Waals surface area contributed by atoms with Gasteiger partial charge in [0, 0.05) is 37.0 Å². The van der Waals surface area contributed by atoms with E-state index in [-0.39, 0.29) is 5.78 Å². The van der Waals surface area contributed by atoms with E-state index in [9.17, 15) is 4.79 Å². The van der Waals surface area contributed by atoms with Crippen LogP contribution in [0.2, 0.25) is 5.02 Å². The van der Waals surface area contributed by atoms with E-state index in [1.165, 1.54) is 0 Å².